The van der Waals surface area contributed by atoms with E-state index in [0.717, 1.165) is 0 Å². The van der Waals surface area contributed by atoms with Crippen LogP contribution in [0.2, 0.25) is 0 Å². The molecule has 108 valence electrons. The first-order valence-electron chi connectivity index (χ1n) is 7.23. The number of carbonyl (C=O) groups excluding carboxylic acids is 2. The number of hydrogen-bond acceptors (Lipinski definition) is 5. The Morgan fingerprint density at radius 1 is 1.38 bits per heavy atom. The van der Waals surface area contributed by atoms with E-state index >= 15 is 0 Å². The highest BCUT2D eigenvalue weighted by molar-refractivity contribution is 6.03. The minimum absolute atomic E-state index is 0.00165. The van der Waals surface area contributed by atoms with Crippen molar-refractivity contribution in [1.82, 2.24) is 9.55 Å². The van der Waals surface area contributed by atoms with Gasteiger partial charge in [0.15, 0.2) is 5.78 Å². The molecule has 3 rings (SSSR count). The van der Waals surface area contributed by atoms with Gasteiger partial charge in [0.2, 0.25) is 0 Å². The number of Topliss-reactive ketones (excluding diaryl/α,β-unsaturated/α-hetero) is 2. The number of hydrogen-bond donors (Lipinski definition) is 1. The lowest BCUT2D eigenvalue weighted by Crippen LogP contribution is -2.36. The molecule has 1 aromatic heterocycles. The van der Waals surface area contributed by atoms with Gasteiger partial charge in [-0.15, -0.1) is 0 Å². The number of carbonyl (C=O) groups is 2. The van der Waals surface area contributed by atoms with Crippen LogP contribution in [0, 0.1) is 6.92 Å². The first-order valence-corrected chi connectivity index (χ1v) is 6.65. The quantitative estimate of drug-likeness (QED) is 0.626. The number of fused-ring (bicyclic) bond motifs is 1. The van der Waals surface area contributed by atoms with Gasteiger partial charge in [-0.05, 0) is 25.5 Å². The maximum atomic E-state index is 12.7. The summed E-state index contributed by atoms with van der Waals surface area (Å²) in [6, 6.07) is 4.16. The van der Waals surface area contributed by atoms with Crippen LogP contribution >= 0.6 is 0 Å². The summed E-state index contributed by atoms with van der Waals surface area (Å²) in [7, 11) is 0. The maximum absolute atomic E-state index is 12.7. The number of aryl methyl sites for hydroxylation is 1. The molecule has 1 heterocycles. The monoisotopic (exact) mass is 286 g/mol. The Kier molecular flexibility index (Phi) is 2.80. The van der Waals surface area contributed by atoms with Crippen LogP contribution in [-0.2, 0) is 9.59 Å². The van der Waals surface area contributed by atoms with E-state index < -0.39 is 23.8 Å². The molecule has 2 N–H and O–H groups in total. The van der Waals surface area contributed by atoms with Gasteiger partial charge in [0.05, 0.1) is 23.4 Å². The van der Waals surface area contributed by atoms with Crippen molar-refractivity contribution in [2.24, 2.45) is 0 Å². The first kappa shape index (κ1) is 12.3. The summed E-state index contributed by atoms with van der Waals surface area (Å²) in [4.78, 5) is 40.7. The molecule has 0 radical (unpaired) electrons. The van der Waals surface area contributed by atoms with E-state index in [1.807, 2.05) is 0 Å². The second-order valence-corrected chi connectivity index (χ2v) is 5.14. The molecular formula is C15H15N3O3. The average Bonchev–Trinajstić information content (AvgIpc) is 2.44. The van der Waals surface area contributed by atoms with Gasteiger partial charge in [0.25, 0.3) is 5.56 Å². The second kappa shape index (κ2) is 4.80. The van der Waals surface area contributed by atoms with Gasteiger partial charge in [0.1, 0.15) is 11.6 Å². The standard InChI is InChI=1S/C15H15N3O3/c1-8-17-11-4-2-3-10(16)14(11)15(21)18(8)12-6-5-9(19)7-13(12)20/h2-4,12H,5-7,16H2,1H3/i5D. The predicted molar refractivity (Wildman–Crippen MR) is 78.1 cm³/mol. The van der Waals surface area contributed by atoms with Gasteiger partial charge in [-0.2, -0.15) is 0 Å². The summed E-state index contributed by atoms with van der Waals surface area (Å²) in [5.74, 6) is -0.377. The number of ketones is 2. The SMILES string of the molecule is [2H]C1CC(n2c(C)nc3cccc(N)c3c2=O)C(=O)CC1=O. The molecular weight excluding hydrogens is 270 g/mol. The molecule has 0 saturated heterocycles. The molecule has 1 fully saturated rings. The Morgan fingerprint density at radius 3 is 2.90 bits per heavy atom. The number of nitrogens with two attached hydrogens (primary N) is 1. The number of nitrogen functional groups attached to an aromatic ring is 1. The molecule has 1 aliphatic carbocycles. The third kappa shape index (κ3) is 2.12. The largest absolute Gasteiger partial charge is 0.398 e. The molecule has 1 aliphatic rings. The van der Waals surface area contributed by atoms with Crippen LogP contribution in [0.5, 0.6) is 0 Å². The maximum Gasteiger partial charge on any atom is 0.264 e. The molecule has 21 heavy (non-hydrogen) atoms. The van der Waals surface area contributed by atoms with Gasteiger partial charge in [-0.3, -0.25) is 19.0 Å². The fourth-order valence-electron chi connectivity index (χ4n) is 2.73. The van der Waals surface area contributed by atoms with Crippen molar-refractivity contribution < 1.29 is 11.0 Å². The molecule has 0 spiro atoms. The Labute approximate surface area is 122 Å². The molecule has 2 unspecified atom stereocenters. The van der Waals surface area contributed by atoms with Crippen molar-refractivity contribution >= 4 is 28.2 Å². The Bertz CT molecular complexity index is 859. The van der Waals surface area contributed by atoms with Gasteiger partial charge < -0.3 is 5.73 Å². The third-order valence-corrected chi connectivity index (χ3v) is 3.74. The Hall–Kier alpha value is -2.50. The zero-order valence-electron chi connectivity index (χ0n) is 12.5. The summed E-state index contributed by atoms with van der Waals surface area (Å²) in [5.41, 5.74) is 6.23. The van der Waals surface area contributed by atoms with E-state index in [0.29, 0.717) is 17.0 Å². The van der Waals surface area contributed by atoms with Crippen molar-refractivity contribution in [2.45, 2.75) is 32.2 Å². The van der Waals surface area contributed by atoms with Crippen molar-refractivity contribution in [1.29, 1.82) is 0 Å². The third-order valence-electron chi connectivity index (χ3n) is 3.74. The lowest BCUT2D eigenvalue weighted by molar-refractivity contribution is -0.132. The number of benzene rings is 1. The number of aromatic nitrogens is 2. The zero-order chi connectivity index (χ0) is 16.0. The molecule has 0 amide bonds. The highest BCUT2D eigenvalue weighted by Gasteiger charge is 2.30. The molecule has 1 saturated carbocycles. The first-order chi connectivity index (χ1) is 10.4. The fourth-order valence-corrected chi connectivity index (χ4v) is 2.73. The summed E-state index contributed by atoms with van der Waals surface area (Å²) >= 11 is 0. The van der Waals surface area contributed by atoms with Crippen LogP contribution in [0.4, 0.5) is 5.69 Å². The molecule has 1 aromatic carbocycles. The molecule has 0 aliphatic heterocycles. The Morgan fingerprint density at radius 2 is 2.14 bits per heavy atom. The highest BCUT2D eigenvalue weighted by atomic mass is 16.2. The lowest BCUT2D eigenvalue weighted by atomic mass is 9.92. The number of nitrogens with zero attached hydrogens (tertiary/aromatic N) is 2. The van der Waals surface area contributed by atoms with Crippen LogP contribution in [0.1, 0.15) is 32.5 Å². The van der Waals surface area contributed by atoms with Crippen LogP contribution in [-0.4, -0.2) is 21.1 Å². The normalized spacial score (nSPS) is 23.4. The zero-order valence-corrected chi connectivity index (χ0v) is 11.5. The highest BCUT2D eigenvalue weighted by Crippen LogP contribution is 2.24. The lowest BCUT2D eigenvalue weighted by Gasteiger charge is -2.24. The van der Waals surface area contributed by atoms with Crippen molar-refractivity contribution in [3.8, 4) is 0 Å². The van der Waals surface area contributed by atoms with Crippen LogP contribution in [0.25, 0.3) is 10.9 Å². The van der Waals surface area contributed by atoms with Crippen LogP contribution in [0.15, 0.2) is 23.0 Å². The van der Waals surface area contributed by atoms with E-state index in [2.05, 4.69) is 4.98 Å². The Balaban J connectivity index is 2.23. The van der Waals surface area contributed by atoms with Gasteiger partial charge in [0, 0.05) is 13.5 Å². The molecule has 6 heteroatoms. The average molecular weight is 286 g/mol. The van der Waals surface area contributed by atoms with Crippen molar-refractivity contribution in [2.75, 3.05) is 5.73 Å². The van der Waals surface area contributed by atoms with E-state index in [1.54, 1.807) is 25.1 Å². The summed E-state index contributed by atoms with van der Waals surface area (Å²) in [5, 5.41) is 0.263. The van der Waals surface area contributed by atoms with E-state index in [9.17, 15) is 14.4 Å². The van der Waals surface area contributed by atoms with Crippen LogP contribution < -0.4 is 11.3 Å². The van der Waals surface area contributed by atoms with Crippen LogP contribution in [0.3, 0.4) is 0 Å². The van der Waals surface area contributed by atoms with E-state index in [4.69, 9.17) is 7.10 Å². The topological polar surface area (TPSA) is 95.1 Å². The molecule has 0 bridgehead atoms. The van der Waals surface area contributed by atoms with E-state index in [-0.39, 0.29) is 24.0 Å². The van der Waals surface area contributed by atoms with Crippen molar-refractivity contribution in [3.05, 3.63) is 34.4 Å². The summed E-state index contributed by atoms with van der Waals surface area (Å²) in [6.45, 7) is 1.63. The second-order valence-electron chi connectivity index (χ2n) is 5.14. The molecule has 2 atom stereocenters. The number of rotatable bonds is 1. The summed E-state index contributed by atoms with van der Waals surface area (Å²) in [6.07, 6.45) is -1.30. The minimum Gasteiger partial charge on any atom is -0.398 e. The fraction of sp³-hybridized carbons (Fsp3) is 0.333. The van der Waals surface area contributed by atoms with Gasteiger partial charge in [-0.1, -0.05) is 6.07 Å². The van der Waals surface area contributed by atoms with E-state index in [1.165, 1.54) is 4.57 Å². The number of anilines is 1. The smallest absolute Gasteiger partial charge is 0.264 e. The minimum atomic E-state index is -0.988. The van der Waals surface area contributed by atoms with Gasteiger partial charge in [-0.25, -0.2) is 4.98 Å². The summed E-state index contributed by atoms with van der Waals surface area (Å²) < 4.78 is 9.00. The molecule has 2 aromatic rings. The van der Waals surface area contributed by atoms with Gasteiger partial charge >= 0.3 is 0 Å². The molecule has 6 nitrogen and oxygen atoms in total. The predicted octanol–water partition coefficient (Wildman–Crippen LogP) is 1.15. The van der Waals surface area contributed by atoms with Crippen molar-refractivity contribution in [3.63, 3.8) is 0 Å².